The zero-order valence-electron chi connectivity index (χ0n) is 16.3. The molecular formula is C20H30N4OS. The first kappa shape index (κ1) is 18.0. The molecule has 1 aromatic heterocycles. The summed E-state index contributed by atoms with van der Waals surface area (Å²) in [6, 6.07) is 0.520. The molecule has 142 valence electrons. The monoisotopic (exact) mass is 374 g/mol. The SMILES string of the molecule is CC(C)=C[C@@H]1[C@@H](C(=O)N2CCC[C@H](c3n[nH]c(=S)n3C3CC3)C2)C1(C)C. The van der Waals surface area contributed by atoms with E-state index in [4.69, 9.17) is 12.2 Å². The Morgan fingerprint density at radius 2 is 2.04 bits per heavy atom. The second-order valence-corrected chi connectivity index (χ2v) is 9.57. The molecule has 26 heavy (non-hydrogen) atoms. The van der Waals surface area contributed by atoms with Gasteiger partial charge < -0.3 is 9.47 Å². The molecule has 4 rings (SSSR count). The summed E-state index contributed by atoms with van der Waals surface area (Å²) in [6.07, 6.45) is 6.79. The van der Waals surface area contributed by atoms with Crippen molar-refractivity contribution < 1.29 is 4.79 Å². The van der Waals surface area contributed by atoms with Crippen LogP contribution in [0.1, 0.15) is 71.2 Å². The van der Waals surface area contributed by atoms with Gasteiger partial charge in [-0.05, 0) is 63.1 Å². The number of nitrogens with zero attached hydrogens (tertiary/aromatic N) is 3. The maximum absolute atomic E-state index is 13.2. The van der Waals surface area contributed by atoms with Crippen LogP contribution in [0, 0.1) is 22.0 Å². The van der Waals surface area contributed by atoms with Crippen molar-refractivity contribution >= 4 is 18.1 Å². The number of carbonyl (C=O) groups is 1. The number of nitrogens with one attached hydrogen (secondary N) is 1. The molecule has 5 nitrogen and oxygen atoms in total. The third-order valence-corrected chi connectivity index (χ3v) is 6.72. The van der Waals surface area contributed by atoms with Gasteiger partial charge in [0.2, 0.25) is 5.91 Å². The Kier molecular flexibility index (Phi) is 4.37. The van der Waals surface area contributed by atoms with Crippen molar-refractivity contribution in [2.75, 3.05) is 13.1 Å². The zero-order chi connectivity index (χ0) is 18.6. The maximum atomic E-state index is 13.2. The number of H-pyrrole nitrogens is 1. The van der Waals surface area contributed by atoms with Gasteiger partial charge in [-0.2, -0.15) is 5.10 Å². The van der Waals surface area contributed by atoms with Crippen LogP contribution in [-0.2, 0) is 4.79 Å². The van der Waals surface area contributed by atoms with E-state index in [1.807, 2.05) is 0 Å². The molecule has 0 aromatic carbocycles. The first-order valence-corrected chi connectivity index (χ1v) is 10.3. The Labute approximate surface area is 160 Å². The molecule has 2 heterocycles. The molecule has 2 aliphatic carbocycles. The van der Waals surface area contributed by atoms with Gasteiger partial charge in [-0.15, -0.1) is 0 Å². The highest BCUT2D eigenvalue weighted by Gasteiger charge is 2.61. The quantitative estimate of drug-likeness (QED) is 0.634. The summed E-state index contributed by atoms with van der Waals surface area (Å²) in [5.41, 5.74) is 1.38. The summed E-state index contributed by atoms with van der Waals surface area (Å²) in [5, 5.41) is 7.52. The van der Waals surface area contributed by atoms with Crippen molar-refractivity contribution in [2.45, 2.75) is 65.3 Å². The molecule has 1 N–H and O–H groups in total. The number of aromatic amines is 1. The normalized spacial score (nSPS) is 30.2. The number of likely N-dealkylation sites (tertiary alicyclic amines) is 1. The predicted molar refractivity (Wildman–Crippen MR) is 104 cm³/mol. The fourth-order valence-electron chi connectivity index (χ4n) is 4.69. The minimum atomic E-state index is 0.0787. The summed E-state index contributed by atoms with van der Waals surface area (Å²) < 4.78 is 2.94. The molecule has 1 saturated heterocycles. The van der Waals surface area contributed by atoms with Crippen molar-refractivity contribution in [3.05, 3.63) is 22.2 Å². The van der Waals surface area contributed by atoms with E-state index in [2.05, 4.69) is 53.4 Å². The second kappa shape index (κ2) is 6.32. The lowest BCUT2D eigenvalue weighted by Crippen LogP contribution is -2.41. The number of amides is 1. The molecule has 2 saturated carbocycles. The van der Waals surface area contributed by atoms with Crippen LogP contribution in [0.25, 0.3) is 0 Å². The van der Waals surface area contributed by atoms with E-state index in [1.165, 1.54) is 18.4 Å². The number of carbonyl (C=O) groups excluding carboxylic acids is 1. The van der Waals surface area contributed by atoms with Gasteiger partial charge in [-0.1, -0.05) is 25.5 Å². The Morgan fingerprint density at radius 3 is 2.69 bits per heavy atom. The molecule has 3 atom stereocenters. The van der Waals surface area contributed by atoms with E-state index < -0.39 is 0 Å². The maximum Gasteiger partial charge on any atom is 0.226 e. The minimum absolute atomic E-state index is 0.0787. The van der Waals surface area contributed by atoms with Crippen LogP contribution >= 0.6 is 12.2 Å². The molecule has 0 unspecified atom stereocenters. The van der Waals surface area contributed by atoms with E-state index in [1.54, 1.807) is 0 Å². The van der Waals surface area contributed by atoms with Gasteiger partial charge in [-0.25, -0.2) is 0 Å². The number of aromatic nitrogens is 3. The topological polar surface area (TPSA) is 53.9 Å². The lowest BCUT2D eigenvalue weighted by atomic mass is 9.96. The van der Waals surface area contributed by atoms with Crippen molar-refractivity contribution in [3.63, 3.8) is 0 Å². The molecule has 1 aliphatic heterocycles. The molecule has 3 aliphatic rings. The zero-order valence-corrected chi connectivity index (χ0v) is 17.1. The standard InChI is InChI=1S/C20H30N4OS/c1-12(2)10-15-16(20(15,3)4)18(25)23-9-5-6-13(11-23)17-21-22-19(26)24(17)14-7-8-14/h10,13-16H,5-9,11H2,1-4H3,(H,22,26)/t13-,15+,16-/m0/s1. The van der Waals surface area contributed by atoms with E-state index in [0.717, 1.165) is 36.5 Å². The summed E-state index contributed by atoms with van der Waals surface area (Å²) in [6.45, 7) is 10.3. The number of allylic oxidation sites excluding steroid dienone is 2. The fourth-order valence-corrected chi connectivity index (χ4v) is 4.98. The molecule has 1 amide bonds. The van der Waals surface area contributed by atoms with Crippen LogP contribution in [-0.4, -0.2) is 38.7 Å². The molecule has 6 heteroatoms. The number of hydrogen-bond donors (Lipinski definition) is 1. The van der Waals surface area contributed by atoms with Crippen LogP contribution in [0.2, 0.25) is 0 Å². The van der Waals surface area contributed by atoms with Crippen LogP contribution in [0.15, 0.2) is 11.6 Å². The molecular weight excluding hydrogens is 344 g/mol. The summed E-state index contributed by atoms with van der Waals surface area (Å²) in [7, 11) is 0. The lowest BCUT2D eigenvalue weighted by Gasteiger charge is -2.33. The van der Waals surface area contributed by atoms with Crippen molar-refractivity contribution in [2.24, 2.45) is 17.3 Å². The lowest BCUT2D eigenvalue weighted by molar-refractivity contribution is -0.134. The Bertz CT molecular complexity index is 797. The van der Waals surface area contributed by atoms with Gasteiger partial charge >= 0.3 is 0 Å². The summed E-state index contributed by atoms with van der Waals surface area (Å²) in [4.78, 5) is 15.3. The minimum Gasteiger partial charge on any atom is -0.342 e. The average molecular weight is 375 g/mol. The summed E-state index contributed by atoms with van der Waals surface area (Å²) in [5.74, 6) is 2.19. The number of rotatable bonds is 4. The Morgan fingerprint density at radius 1 is 1.31 bits per heavy atom. The fraction of sp³-hybridized carbons (Fsp3) is 0.750. The number of hydrogen-bond acceptors (Lipinski definition) is 3. The van der Waals surface area contributed by atoms with Crippen LogP contribution < -0.4 is 0 Å². The smallest absolute Gasteiger partial charge is 0.226 e. The molecule has 3 fully saturated rings. The Hall–Kier alpha value is -1.43. The van der Waals surface area contributed by atoms with E-state index in [-0.39, 0.29) is 11.3 Å². The number of piperidine rings is 1. The van der Waals surface area contributed by atoms with Crippen molar-refractivity contribution in [1.29, 1.82) is 0 Å². The first-order chi connectivity index (χ1) is 12.3. The predicted octanol–water partition coefficient (Wildman–Crippen LogP) is 4.22. The van der Waals surface area contributed by atoms with Crippen LogP contribution in [0.4, 0.5) is 0 Å². The van der Waals surface area contributed by atoms with Crippen molar-refractivity contribution in [1.82, 2.24) is 19.7 Å². The summed E-state index contributed by atoms with van der Waals surface area (Å²) >= 11 is 5.43. The average Bonchev–Trinajstić information content (AvgIpc) is 3.46. The molecule has 0 radical (unpaired) electrons. The molecule has 0 spiro atoms. The Balaban J connectivity index is 1.50. The molecule has 0 bridgehead atoms. The van der Waals surface area contributed by atoms with Crippen LogP contribution in [0.5, 0.6) is 0 Å². The van der Waals surface area contributed by atoms with E-state index in [0.29, 0.717) is 23.8 Å². The second-order valence-electron chi connectivity index (χ2n) is 9.18. The van der Waals surface area contributed by atoms with Gasteiger partial charge in [0.05, 0.1) is 5.92 Å². The molecule has 1 aromatic rings. The first-order valence-electron chi connectivity index (χ1n) is 9.91. The van der Waals surface area contributed by atoms with Gasteiger partial charge in [0.15, 0.2) is 4.77 Å². The van der Waals surface area contributed by atoms with Gasteiger partial charge in [0, 0.05) is 25.0 Å². The highest BCUT2D eigenvalue weighted by atomic mass is 32.1. The third-order valence-electron chi connectivity index (χ3n) is 6.43. The van der Waals surface area contributed by atoms with Gasteiger partial charge in [0.25, 0.3) is 0 Å². The third kappa shape index (κ3) is 3.06. The van der Waals surface area contributed by atoms with E-state index in [9.17, 15) is 4.79 Å². The highest BCUT2D eigenvalue weighted by molar-refractivity contribution is 7.71. The highest BCUT2D eigenvalue weighted by Crippen LogP contribution is 2.60. The van der Waals surface area contributed by atoms with Crippen molar-refractivity contribution in [3.8, 4) is 0 Å². The van der Waals surface area contributed by atoms with E-state index >= 15 is 0 Å². The van der Waals surface area contributed by atoms with Gasteiger partial charge in [-0.3, -0.25) is 9.89 Å². The largest absolute Gasteiger partial charge is 0.342 e. The van der Waals surface area contributed by atoms with Crippen LogP contribution in [0.3, 0.4) is 0 Å². The van der Waals surface area contributed by atoms with Gasteiger partial charge in [0.1, 0.15) is 5.82 Å².